The number of carbonyl (C=O) groups is 1. The van der Waals surface area contributed by atoms with Crippen LogP contribution in [-0.2, 0) is 4.74 Å². The molecule has 0 heterocycles. The van der Waals surface area contributed by atoms with Gasteiger partial charge in [0.25, 0.3) is 0 Å². The Morgan fingerprint density at radius 1 is 1.24 bits per heavy atom. The van der Waals surface area contributed by atoms with E-state index in [1.165, 1.54) is 19.3 Å². The largest absolute Gasteiger partial charge is 0.381 e. The smallest absolute Gasteiger partial charge is 0.315 e. The van der Waals surface area contributed by atoms with Gasteiger partial charge in [0, 0.05) is 25.8 Å². The van der Waals surface area contributed by atoms with Crippen LogP contribution in [0.2, 0.25) is 0 Å². The zero-order chi connectivity index (χ0) is 12.3. The van der Waals surface area contributed by atoms with E-state index in [2.05, 4.69) is 17.6 Å². The van der Waals surface area contributed by atoms with Crippen molar-refractivity contribution >= 4 is 6.03 Å². The van der Waals surface area contributed by atoms with E-state index >= 15 is 0 Å². The molecule has 0 aliphatic heterocycles. The van der Waals surface area contributed by atoms with Gasteiger partial charge in [0.2, 0.25) is 0 Å². The lowest BCUT2D eigenvalue weighted by atomic mass is 10.2. The minimum absolute atomic E-state index is 0.0227. The number of nitrogens with one attached hydrogen (secondary N) is 2. The summed E-state index contributed by atoms with van der Waals surface area (Å²) in [7, 11) is 0. The minimum atomic E-state index is -0.0227. The molecular weight excluding hydrogens is 216 g/mol. The molecule has 0 aromatic heterocycles. The Morgan fingerprint density at radius 2 is 1.94 bits per heavy atom. The van der Waals surface area contributed by atoms with Crippen LogP contribution in [-0.4, -0.2) is 31.8 Å². The highest BCUT2D eigenvalue weighted by molar-refractivity contribution is 5.74. The van der Waals surface area contributed by atoms with Gasteiger partial charge in [-0.1, -0.05) is 26.2 Å². The van der Waals surface area contributed by atoms with Gasteiger partial charge < -0.3 is 15.4 Å². The molecule has 2 N–H and O–H groups in total. The molecule has 0 unspecified atom stereocenters. The summed E-state index contributed by atoms with van der Waals surface area (Å²) in [6, 6.07) is 0.376. The number of urea groups is 1. The summed E-state index contributed by atoms with van der Waals surface area (Å²) in [4.78, 5) is 11.5. The van der Waals surface area contributed by atoms with E-state index in [9.17, 15) is 4.79 Å². The number of rotatable bonds is 8. The van der Waals surface area contributed by atoms with Crippen molar-refractivity contribution in [2.75, 3.05) is 19.8 Å². The van der Waals surface area contributed by atoms with Crippen molar-refractivity contribution in [2.45, 2.75) is 57.9 Å². The van der Waals surface area contributed by atoms with Crippen LogP contribution in [0.15, 0.2) is 0 Å². The van der Waals surface area contributed by atoms with Gasteiger partial charge in [0.05, 0.1) is 0 Å². The Hall–Kier alpha value is -0.770. The lowest BCUT2D eigenvalue weighted by molar-refractivity contribution is 0.129. The van der Waals surface area contributed by atoms with Crippen LogP contribution >= 0.6 is 0 Å². The molecule has 0 radical (unpaired) electrons. The third-order valence-electron chi connectivity index (χ3n) is 3.08. The Kier molecular flexibility index (Phi) is 7.80. The molecule has 0 spiro atoms. The topological polar surface area (TPSA) is 50.4 Å². The summed E-state index contributed by atoms with van der Waals surface area (Å²) in [6.07, 6.45) is 7.94. The zero-order valence-corrected chi connectivity index (χ0v) is 11.0. The number of carbonyl (C=O) groups excluding carboxylic acids is 1. The maximum atomic E-state index is 11.5. The fraction of sp³-hybridized carbons (Fsp3) is 0.923. The molecule has 17 heavy (non-hydrogen) atoms. The Bertz CT molecular complexity index is 204. The Labute approximate surface area is 104 Å². The molecule has 1 aliphatic carbocycles. The molecule has 1 aliphatic rings. The average Bonchev–Trinajstić information content (AvgIpc) is 2.80. The monoisotopic (exact) mass is 242 g/mol. The molecule has 0 saturated heterocycles. The second-order valence-electron chi connectivity index (χ2n) is 4.70. The molecule has 100 valence electrons. The highest BCUT2D eigenvalue weighted by Gasteiger charge is 2.16. The van der Waals surface area contributed by atoms with Gasteiger partial charge in [-0.25, -0.2) is 4.79 Å². The van der Waals surface area contributed by atoms with Crippen molar-refractivity contribution in [1.82, 2.24) is 10.6 Å². The molecule has 0 bridgehead atoms. The highest BCUT2D eigenvalue weighted by Crippen LogP contribution is 2.17. The Morgan fingerprint density at radius 3 is 2.65 bits per heavy atom. The summed E-state index contributed by atoms with van der Waals surface area (Å²) in [6.45, 7) is 4.43. The fourth-order valence-electron chi connectivity index (χ4n) is 2.03. The molecule has 0 atom stereocenters. The van der Waals surface area contributed by atoms with E-state index in [1.807, 2.05) is 0 Å². The van der Waals surface area contributed by atoms with Gasteiger partial charge in [0.15, 0.2) is 0 Å². The third-order valence-corrected chi connectivity index (χ3v) is 3.08. The number of amides is 2. The van der Waals surface area contributed by atoms with E-state index < -0.39 is 0 Å². The summed E-state index contributed by atoms with van der Waals surface area (Å²) in [5, 5.41) is 5.87. The lowest BCUT2D eigenvalue weighted by Gasteiger charge is -2.12. The van der Waals surface area contributed by atoms with Gasteiger partial charge in [0.1, 0.15) is 0 Å². The number of unbranched alkanes of at least 4 members (excludes halogenated alkanes) is 1. The number of ether oxygens (including phenoxy) is 1. The van der Waals surface area contributed by atoms with Gasteiger partial charge in [-0.15, -0.1) is 0 Å². The first-order chi connectivity index (χ1) is 8.33. The van der Waals surface area contributed by atoms with Crippen molar-refractivity contribution in [1.29, 1.82) is 0 Å². The highest BCUT2D eigenvalue weighted by atomic mass is 16.5. The van der Waals surface area contributed by atoms with Crippen LogP contribution in [0.3, 0.4) is 0 Å². The predicted molar refractivity (Wildman–Crippen MR) is 69.1 cm³/mol. The van der Waals surface area contributed by atoms with Gasteiger partial charge in [-0.05, 0) is 25.7 Å². The molecule has 4 nitrogen and oxygen atoms in total. The van der Waals surface area contributed by atoms with E-state index in [0.29, 0.717) is 12.6 Å². The molecule has 1 fully saturated rings. The molecular formula is C13H26N2O2. The maximum absolute atomic E-state index is 11.5. The summed E-state index contributed by atoms with van der Waals surface area (Å²) in [5.41, 5.74) is 0. The lowest BCUT2D eigenvalue weighted by Crippen LogP contribution is -2.41. The zero-order valence-electron chi connectivity index (χ0n) is 11.0. The molecule has 1 rings (SSSR count). The normalized spacial score (nSPS) is 16.1. The van der Waals surface area contributed by atoms with Crippen LogP contribution in [0.25, 0.3) is 0 Å². The molecule has 0 aromatic rings. The van der Waals surface area contributed by atoms with Crippen LogP contribution in [0.1, 0.15) is 51.9 Å². The number of hydrogen-bond donors (Lipinski definition) is 2. The quantitative estimate of drug-likeness (QED) is 0.642. The minimum Gasteiger partial charge on any atom is -0.381 e. The Balaban J connectivity index is 1.86. The first-order valence-corrected chi connectivity index (χ1v) is 6.95. The van der Waals surface area contributed by atoms with Crippen molar-refractivity contribution in [3.05, 3.63) is 0 Å². The van der Waals surface area contributed by atoms with E-state index in [4.69, 9.17) is 4.74 Å². The van der Waals surface area contributed by atoms with Crippen molar-refractivity contribution in [3.63, 3.8) is 0 Å². The second kappa shape index (κ2) is 9.28. The van der Waals surface area contributed by atoms with Crippen molar-refractivity contribution in [2.24, 2.45) is 0 Å². The van der Waals surface area contributed by atoms with Gasteiger partial charge in [-0.3, -0.25) is 0 Å². The van der Waals surface area contributed by atoms with Gasteiger partial charge in [-0.2, -0.15) is 0 Å². The van der Waals surface area contributed by atoms with Crippen molar-refractivity contribution < 1.29 is 9.53 Å². The maximum Gasteiger partial charge on any atom is 0.315 e. The standard InChI is InChI=1S/C13H26N2O2/c1-2-3-10-17-11-6-9-14-13(16)15-12-7-4-5-8-12/h12H,2-11H2,1H3,(H2,14,15,16). The van der Waals surface area contributed by atoms with Crippen LogP contribution < -0.4 is 10.6 Å². The van der Waals surface area contributed by atoms with Crippen LogP contribution in [0, 0.1) is 0 Å². The fourth-order valence-corrected chi connectivity index (χ4v) is 2.03. The summed E-state index contributed by atoms with van der Waals surface area (Å²) < 4.78 is 5.42. The number of hydrogen-bond acceptors (Lipinski definition) is 2. The summed E-state index contributed by atoms with van der Waals surface area (Å²) >= 11 is 0. The van der Waals surface area contributed by atoms with Crippen LogP contribution in [0.4, 0.5) is 4.79 Å². The molecule has 2 amide bonds. The summed E-state index contributed by atoms with van der Waals surface area (Å²) in [5.74, 6) is 0. The van der Waals surface area contributed by atoms with E-state index in [0.717, 1.165) is 38.9 Å². The molecule has 1 saturated carbocycles. The van der Waals surface area contributed by atoms with E-state index in [1.54, 1.807) is 0 Å². The first kappa shape index (κ1) is 14.3. The molecule has 4 heteroatoms. The van der Waals surface area contributed by atoms with Gasteiger partial charge >= 0.3 is 6.03 Å². The van der Waals surface area contributed by atoms with Crippen LogP contribution in [0.5, 0.6) is 0 Å². The van der Waals surface area contributed by atoms with E-state index in [-0.39, 0.29) is 6.03 Å². The second-order valence-corrected chi connectivity index (χ2v) is 4.70. The predicted octanol–water partition coefficient (Wildman–Crippen LogP) is 2.44. The third kappa shape index (κ3) is 7.21. The molecule has 0 aromatic carbocycles. The SMILES string of the molecule is CCCCOCCCNC(=O)NC1CCCC1. The average molecular weight is 242 g/mol. The first-order valence-electron chi connectivity index (χ1n) is 6.95. The van der Waals surface area contributed by atoms with Crippen molar-refractivity contribution in [3.8, 4) is 0 Å².